The van der Waals surface area contributed by atoms with Crippen LogP contribution >= 0.6 is 8.19 Å². The molecule has 3 aromatic rings. The fourth-order valence-corrected chi connectivity index (χ4v) is 4.06. The van der Waals surface area contributed by atoms with Gasteiger partial charge in [0.1, 0.15) is 0 Å². The van der Waals surface area contributed by atoms with Crippen LogP contribution in [0.4, 0.5) is 0 Å². The molecule has 0 atom stereocenters. The van der Waals surface area contributed by atoms with Crippen LogP contribution in [0, 0.1) is 0 Å². The van der Waals surface area contributed by atoms with E-state index in [2.05, 4.69) is 77.9 Å². The summed E-state index contributed by atoms with van der Waals surface area (Å²) in [5, 5.41) is 5.76. The molecule has 0 bridgehead atoms. The van der Waals surface area contributed by atoms with Crippen LogP contribution in [0.5, 0.6) is 0 Å². The number of benzene rings is 2. The van der Waals surface area contributed by atoms with Crippen molar-refractivity contribution in [2.24, 2.45) is 0 Å². The molecular formula is C20H24P-. The van der Waals surface area contributed by atoms with Crippen LogP contribution in [0.15, 0.2) is 36.4 Å². The van der Waals surface area contributed by atoms with Crippen LogP contribution < -0.4 is 0 Å². The zero-order chi connectivity index (χ0) is 15.4. The second-order valence-corrected chi connectivity index (χ2v) is 9.26. The summed E-state index contributed by atoms with van der Waals surface area (Å²) >= 11 is 0. The van der Waals surface area contributed by atoms with Crippen LogP contribution in [-0.4, -0.2) is 0 Å². The molecule has 1 aromatic heterocycles. The number of hydrogen-bond donors (Lipinski definition) is 0. The summed E-state index contributed by atoms with van der Waals surface area (Å²) in [5.74, 6) is 0. The molecule has 1 heterocycles. The first-order valence-electron chi connectivity index (χ1n) is 7.67. The van der Waals surface area contributed by atoms with Gasteiger partial charge in [-0.1, -0.05) is 77.9 Å². The van der Waals surface area contributed by atoms with E-state index >= 15 is 0 Å². The van der Waals surface area contributed by atoms with E-state index in [-0.39, 0.29) is 10.8 Å². The van der Waals surface area contributed by atoms with Crippen molar-refractivity contribution >= 4 is 29.2 Å². The summed E-state index contributed by atoms with van der Waals surface area (Å²) in [7, 11) is 1.36. The van der Waals surface area contributed by atoms with Crippen molar-refractivity contribution in [3.8, 4) is 0 Å². The van der Waals surface area contributed by atoms with Gasteiger partial charge in [-0.3, -0.25) is 0 Å². The van der Waals surface area contributed by atoms with Crippen LogP contribution in [0.1, 0.15) is 52.7 Å². The van der Waals surface area contributed by atoms with Gasteiger partial charge in [0.2, 0.25) is 0 Å². The SMILES string of the molecule is CC(C)(C)c1ccc2c(c1)[p-]c1cc(C(C)(C)C)ccc12. The van der Waals surface area contributed by atoms with Gasteiger partial charge >= 0.3 is 0 Å². The average Bonchev–Trinajstić information content (AvgIpc) is 2.73. The van der Waals surface area contributed by atoms with Gasteiger partial charge in [0.15, 0.2) is 0 Å². The van der Waals surface area contributed by atoms with Gasteiger partial charge in [-0.2, -0.15) is 10.2 Å². The Morgan fingerprint density at radius 2 is 1.00 bits per heavy atom. The molecule has 2 aromatic carbocycles. The third-order valence-electron chi connectivity index (χ3n) is 4.26. The first kappa shape index (κ1) is 14.7. The third-order valence-corrected chi connectivity index (χ3v) is 5.48. The van der Waals surface area contributed by atoms with Crippen LogP contribution in [0.25, 0.3) is 21.0 Å². The maximum atomic E-state index is 2.40. The number of hydrogen-bond acceptors (Lipinski definition) is 0. The predicted octanol–water partition coefficient (Wildman–Crippen LogP) is 6.89. The lowest BCUT2D eigenvalue weighted by Crippen LogP contribution is -2.10. The van der Waals surface area contributed by atoms with Crippen molar-refractivity contribution in [3.63, 3.8) is 0 Å². The minimum Gasteiger partial charge on any atom is -0.514 e. The van der Waals surface area contributed by atoms with Crippen molar-refractivity contribution in [2.75, 3.05) is 0 Å². The van der Waals surface area contributed by atoms with Crippen molar-refractivity contribution in [2.45, 2.75) is 52.4 Å². The summed E-state index contributed by atoms with van der Waals surface area (Å²) in [5.41, 5.74) is 3.29. The number of rotatable bonds is 0. The van der Waals surface area contributed by atoms with E-state index in [4.69, 9.17) is 0 Å². The highest BCUT2D eigenvalue weighted by Gasteiger charge is 2.14. The molecule has 21 heavy (non-hydrogen) atoms. The minimum absolute atomic E-state index is 0.218. The smallest absolute Gasteiger partial charge is 0.0133 e. The summed E-state index contributed by atoms with van der Waals surface area (Å²) in [6.45, 7) is 13.7. The molecule has 0 fully saturated rings. The van der Waals surface area contributed by atoms with Gasteiger partial charge in [-0.05, 0) is 32.7 Å². The minimum atomic E-state index is 0.218. The number of fused-ring (bicyclic) bond motifs is 3. The summed E-state index contributed by atoms with van der Waals surface area (Å²) in [6.07, 6.45) is 0. The lowest BCUT2D eigenvalue weighted by atomic mass is 9.86. The van der Waals surface area contributed by atoms with Crippen LogP contribution in [0.3, 0.4) is 0 Å². The molecule has 0 N–H and O–H groups in total. The molecule has 0 saturated heterocycles. The molecule has 1 heteroatoms. The molecule has 0 aliphatic rings. The molecule has 3 rings (SSSR count). The van der Waals surface area contributed by atoms with Crippen molar-refractivity contribution < 1.29 is 0 Å². The Bertz CT molecular complexity index is 739. The van der Waals surface area contributed by atoms with E-state index in [0.717, 1.165) is 0 Å². The molecule has 0 amide bonds. The van der Waals surface area contributed by atoms with Crippen LogP contribution in [-0.2, 0) is 10.8 Å². The molecule has 0 unspecified atom stereocenters. The van der Waals surface area contributed by atoms with Gasteiger partial charge in [-0.25, -0.2) is 0 Å². The molecule has 0 aliphatic carbocycles. The second-order valence-electron chi connectivity index (χ2n) is 8.08. The first-order valence-corrected chi connectivity index (χ1v) is 8.57. The van der Waals surface area contributed by atoms with Crippen molar-refractivity contribution in [1.82, 2.24) is 0 Å². The van der Waals surface area contributed by atoms with E-state index in [1.54, 1.807) is 0 Å². The van der Waals surface area contributed by atoms with Crippen LogP contribution in [0.2, 0.25) is 0 Å². The molecular weight excluding hydrogens is 271 g/mol. The fraction of sp³-hybridized carbons (Fsp3) is 0.400. The summed E-state index contributed by atoms with van der Waals surface area (Å²) in [6, 6.07) is 14.0. The van der Waals surface area contributed by atoms with Crippen molar-refractivity contribution in [1.29, 1.82) is 0 Å². The predicted molar refractivity (Wildman–Crippen MR) is 97.0 cm³/mol. The normalized spacial score (nSPS) is 13.2. The van der Waals surface area contributed by atoms with Gasteiger partial charge in [-0.15, -0.1) is 0 Å². The van der Waals surface area contributed by atoms with E-state index in [9.17, 15) is 0 Å². The topological polar surface area (TPSA) is 0 Å². The monoisotopic (exact) mass is 295 g/mol. The van der Waals surface area contributed by atoms with E-state index in [0.29, 0.717) is 0 Å². The highest BCUT2D eigenvalue weighted by molar-refractivity contribution is 7.43. The van der Waals surface area contributed by atoms with Gasteiger partial charge < -0.3 is 8.19 Å². The van der Waals surface area contributed by atoms with Gasteiger partial charge in [0, 0.05) is 0 Å². The molecule has 0 radical (unpaired) electrons. The Morgan fingerprint density at radius 1 is 0.619 bits per heavy atom. The Kier molecular flexibility index (Phi) is 3.22. The Balaban J connectivity index is 2.24. The maximum absolute atomic E-state index is 2.40. The summed E-state index contributed by atoms with van der Waals surface area (Å²) in [4.78, 5) is 0. The molecule has 0 saturated carbocycles. The molecule has 0 aliphatic heterocycles. The Morgan fingerprint density at radius 3 is 1.33 bits per heavy atom. The zero-order valence-corrected chi connectivity index (χ0v) is 14.8. The van der Waals surface area contributed by atoms with Gasteiger partial charge in [0.05, 0.1) is 0 Å². The fourth-order valence-electron chi connectivity index (χ4n) is 2.77. The second kappa shape index (κ2) is 4.62. The summed E-state index contributed by atoms with van der Waals surface area (Å²) < 4.78 is 0. The van der Waals surface area contributed by atoms with E-state index in [1.165, 1.54) is 40.3 Å². The van der Waals surface area contributed by atoms with E-state index in [1.807, 2.05) is 0 Å². The Labute approximate surface area is 129 Å². The quantitative estimate of drug-likeness (QED) is 0.423. The molecule has 0 spiro atoms. The van der Waals surface area contributed by atoms with E-state index < -0.39 is 0 Å². The zero-order valence-electron chi connectivity index (χ0n) is 13.9. The third kappa shape index (κ3) is 2.62. The largest absolute Gasteiger partial charge is 0.514 e. The first-order chi connectivity index (χ1) is 9.66. The molecule has 0 nitrogen and oxygen atoms in total. The van der Waals surface area contributed by atoms with Crippen molar-refractivity contribution in [3.05, 3.63) is 47.5 Å². The van der Waals surface area contributed by atoms with Gasteiger partial charge in [0.25, 0.3) is 0 Å². The average molecular weight is 295 g/mol. The highest BCUT2D eigenvalue weighted by Crippen LogP contribution is 2.41. The lowest BCUT2D eigenvalue weighted by molar-refractivity contribution is 0.591. The maximum Gasteiger partial charge on any atom is -0.0133 e. The highest BCUT2D eigenvalue weighted by atomic mass is 31.0. The lowest BCUT2D eigenvalue weighted by Gasteiger charge is -2.20. The molecule has 110 valence electrons. The standard InChI is InChI=1S/C20H24P/c1-19(2,3)13-7-9-15-16-10-8-14(20(4,5)6)12-18(16)21-17(15)11-13/h7-12H,1-6H3/q-1. The Hall–Kier alpha value is -1.26.